The number of nitrogens with zero attached hydrogens (tertiary/aromatic N) is 2. The molecule has 148 valence electrons. The van der Waals surface area contributed by atoms with E-state index in [1.54, 1.807) is 4.90 Å². The normalized spacial score (nSPS) is 18.5. The van der Waals surface area contributed by atoms with E-state index in [-0.39, 0.29) is 30.1 Å². The molecule has 0 aromatic heterocycles. The predicted molar refractivity (Wildman–Crippen MR) is 115 cm³/mol. The lowest BCUT2D eigenvalue weighted by atomic mass is 9.98. The Morgan fingerprint density at radius 1 is 1.32 bits per heavy atom. The van der Waals surface area contributed by atoms with Gasteiger partial charge in [-0.3, -0.25) is 4.99 Å². The van der Waals surface area contributed by atoms with Crippen LogP contribution >= 0.6 is 24.0 Å². The summed E-state index contributed by atoms with van der Waals surface area (Å²) in [6.45, 7) is 10.9. The predicted octanol–water partition coefficient (Wildman–Crippen LogP) is 3.74. The van der Waals surface area contributed by atoms with Gasteiger partial charge in [0.15, 0.2) is 5.96 Å². The number of ether oxygens (including phenoxy) is 1. The van der Waals surface area contributed by atoms with Crippen molar-refractivity contribution in [1.29, 1.82) is 0 Å². The summed E-state index contributed by atoms with van der Waals surface area (Å²) in [6.07, 6.45) is 6.69. The molecule has 0 saturated carbocycles. The molecule has 0 radical (unpaired) electrons. The number of aliphatic imine (C=N–C) groups is 1. The van der Waals surface area contributed by atoms with E-state index in [0.29, 0.717) is 25.0 Å². The molecule has 1 heterocycles. The highest BCUT2D eigenvalue weighted by atomic mass is 127. The minimum absolute atomic E-state index is 0. The number of amides is 1. The van der Waals surface area contributed by atoms with Gasteiger partial charge >= 0.3 is 6.09 Å². The highest BCUT2D eigenvalue weighted by Crippen LogP contribution is 2.19. The maximum absolute atomic E-state index is 12.2. The number of guanidine groups is 1. The first kappa shape index (κ1) is 24.3. The van der Waals surface area contributed by atoms with Gasteiger partial charge in [0.05, 0.1) is 0 Å². The number of nitrogens with one attached hydrogen (secondary N) is 1. The quantitative estimate of drug-likeness (QED) is 0.258. The fraction of sp³-hybridized carbons (Fsp3) is 0.889. The zero-order chi connectivity index (χ0) is 18.0. The summed E-state index contributed by atoms with van der Waals surface area (Å²) in [6, 6.07) is 0. The third-order valence-electron chi connectivity index (χ3n) is 4.03. The van der Waals surface area contributed by atoms with Crippen molar-refractivity contribution < 1.29 is 9.53 Å². The Morgan fingerprint density at radius 3 is 2.68 bits per heavy atom. The Balaban J connectivity index is 0.00000576. The molecule has 0 bridgehead atoms. The van der Waals surface area contributed by atoms with E-state index >= 15 is 0 Å². The first-order valence-corrected chi connectivity index (χ1v) is 9.33. The maximum atomic E-state index is 12.2. The van der Waals surface area contributed by atoms with E-state index in [0.717, 1.165) is 32.4 Å². The Bertz CT molecular complexity index is 410. The summed E-state index contributed by atoms with van der Waals surface area (Å²) in [5.74, 6) is 0.868. The zero-order valence-electron chi connectivity index (χ0n) is 16.3. The van der Waals surface area contributed by atoms with E-state index in [1.807, 2.05) is 20.8 Å². The SMILES string of the molecule is CCCCCCNC(N)=NCC1CCCN(C(=O)OC(C)(C)C)C1.I. The van der Waals surface area contributed by atoms with Crippen LogP contribution in [-0.2, 0) is 4.74 Å². The van der Waals surface area contributed by atoms with Crippen molar-refractivity contribution in [3.8, 4) is 0 Å². The molecule has 1 aliphatic heterocycles. The first-order valence-electron chi connectivity index (χ1n) is 9.33. The van der Waals surface area contributed by atoms with Gasteiger partial charge in [-0.15, -0.1) is 24.0 Å². The van der Waals surface area contributed by atoms with Crippen LogP contribution in [0.25, 0.3) is 0 Å². The molecule has 25 heavy (non-hydrogen) atoms. The molecule has 1 amide bonds. The van der Waals surface area contributed by atoms with Gasteiger partial charge in [0.25, 0.3) is 0 Å². The van der Waals surface area contributed by atoms with E-state index in [2.05, 4.69) is 17.2 Å². The van der Waals surface area contributed by atoms with Gasteiger partial charge < -0.3 is 20.7 Å². The molecule has 1 fully saturated rings. The number of carbonyl (C=O) groups is 1. The number of unbranched alkanes of at least 4 members (excludes halogenated alkanes) is 3. The molecule has 0 aromatic carbocycles. The average molecular weight is 468 g/mol. The molecule has 0 aromatic rings. The molecule has 1 rings (SSSR count). The van der Waals surface area contributed by atoms with Crippen LogP contribution in [0, 0.1) is 5.92 Å². The number of hydrogen-bond acceptors (Lipinski definition) is 3. The lowest BCUT2D eigenvalue weighted by Gasteiger charge is -2.33. The fourth-order valence-electron chi connectivity index (χ4n) is 2.76. The summed E-state index contributed by atoms with van der Waals surface area (Å²) in [4.78, 5) is 18.4. The maximum Gasteiger partial charge on any atom is 0.410 e. The average Bonchev–Trinajstić information content (AvgIpc) is 2.51. The van der Waals surface area contributed by atoms with Crippen molar-refractivity contribution in [1.82, 2.24) is 10.2 Å². The van der Waals surface area contributed by atoms with Crippen LogP contribution in [0.5, 0.6) is 0 Å². The first-order chi connectivity index (χ1) is 11.3. The number of piperidine rings is 1. The second-order valence-electron chi connectivity index (χ2n) is 7.65. The minimum atomic E-state index is -0.450. The van der Waals surface area contributed by atoms with Crippen molar-refractivity contribution in [2.45, 2.75) is 71.8 Å². The summed E-state index contributed by atoms with van der Waals surface area (Å²) in [7, 11) is 0. The number of hydrogen-bond donors (Lipinski definition) is 2. The molecule has 6 nitrogen and oxygen atoms in total. The van der Waals surface area contributed by atoms with Gasteiger partial charge in [-0.1, -0.05) is 26.2 Å². The van der Waals surface area contributed by atoms with Crippen LogP contribution in [0.1, 0.15) is 66.2 Å². The fourth-order valence-corrected chi connectivity index (χ4v) is 2.76. The third-order valence-corrected chi connectivity index (χ3v) is 4.03. The monoisotopic (exact) mass is 468 g/mol. The number of halogens is 1. The highest BCUT2D eigenvalue weighted by Gasteiger charge is 2.27. The second-order valence-corrected chi connectivity index (χ2v) is 7.65. The third kappa shape index (κ3) is 11.5. The van der Waals surface area contributed by atoms with Crippen LogP contribution in [0.4, 0.5) is 4.79 Å². The van der Waals surface area contributed by atoms with Crippen molar-refractivity contribution >= 4 is 36.0 Å². The molecule has 1 unspecified atom stereocenters. The van der Waals surface area contributed by atoms with E-state index in [4.69, 9.17) is 10.5 Å². The Labute approximate surface area is 170 Å². The summed E-state index contributed by atoms with van der Waals surface area (Å²) < 4.78 is 5.45. The Kier molecular flexibility index (Phi) is 12.2. The van der Waals surface area contributed by atoms with Gasteiger partial charge in [0.2, 0.25) is 0 Å². The number of likely N-dealkylation sites (tertiary alicyclic amines) is 1. The molecule has 1 aliphatic rings. The summed E-state index contributed by atoms with van der Waals surface area (Å²) >= 11 is 0. The van der Waals surface area contributed by atoms with Gasteiger partial charge in [-0.05, 0) is 46.0 Å². The number of nitrogens with two attached hydrogens (primary N) is 1. The van der Waals surface area contributed by atoms with E-state index in [1.165, 1.54) is 19.3 Å². The lowest BCUT2D eigenvalue weighted by molar-refractivity contribution is 0.0171. The van der Waals surface area contributed by atoms with Gasteiger partial charge in [0, 0.05) is 26.2 Å². The van der Waals surface area contributed by atoms with Crippen LogP contribution in [-0.4, -0.2) is 48.7 Å². The molecule has 3 N–H and O–H groups in total. The topological polar surface area (TPSA) is 80.0 Å². The van der Waals surface area contributed by atoms with Gasteiger partial charge in [0.1, 0.15) is 5.60 Å². The zero-order valence-corrected chi connectivity index (χ0v) is 18.7. The lowest BCUT2D eigenvalue weighted by Crippen LogP contribution is -2.43. The van der Waals surface area contributed by atoms with E-state index < -0.39 is 5.60 Å². The van der Waals surface area contributed by atoms with Crippen LogP contribution in [0.2, 0.25) is 0 Å². The largest absolute Gasteiger partial charge is 0.444 e. The Hall–Kier alpha value is -0.730. The number of carbonyl (C=O) groups excluding carboxylic acids is 1. The highest BCUT2D eigenvalue weighted by molar-refractivity contribution is 14.0. The Morgan fingerprint density at radius 2 is 2.04 bits per heavy atom. The molecule has 0 aliphatic carbocycles. The standard InChI is InChI=1S/C18H36N4O2.HI/c1-5-6-7-8-11-20-16(19)21-13-15-10-9-12-22(14-15)17(23)24-18(2,3)4;/h15H,5-14H2,1-4H3,(H3,19,20,21);1H. The minimum Gasteiger partial charge on any atom is -0.444 e. The van der Waals surface area contributed by atoms with Crippen molar-refractivity contribution in [2.24, 2.45) is 16.6 Å². The van der Waals surface area contributed by atoms with E-state index in [9.17, 15) is 4.79 Å². The van der Waals surface area contributed by atoms with Gasteiger partial charge in [-0.25, -0.2) is 4.79 Å². The molecular formula is C18H37IN4O2. The molecule has 1 atom stereocenters. The van der Waals surface area contributed by atoms with Crippen molar-refractivity contribution in [3.05, 3.63) is 0 Å². The van der Waals surface area contributed by atoms with Crippen molar-refractivity contribution in [2.75, 3.05) is 26.2 Å². The second kappa shape index (κ2) is 12.6. The van der Waals surface area contributed by atoms with Crippen molar-refractivity contribution in [3.63, 3.8) is 0 Å². The number of rotatable bonds is 7. The molecule has 7 heteroatoms. The van der Waals surface area contributed by atoms with Crippen LogP contribution in [0.15, 0.2) is 4.99 Å². The van der Waals surface area contributed by atoms with Gasteiger partial charge in [-0.2, -0.15) is 0 Å². The smallest absolute Gasteiger partial charge is 0.410 e. The molecule has 0 spiro atoms. The van der Waals surface area contributed by atoms with Crippen LogP contribution < -0.4 is 11.1 Å². The van der Waals surface area contributed by atoms with Crippen LogP contribution in [0.3, 0.4) is 0 Å². The molecular weight excluding hydrogens is 431 g/mol. The summed E-state index contributed by atoms with van der Waals surface area (Å²) in [5, 5.41) is 3.17. The molecule has 1 saturated heterocycles. The summed E-state index contributed by atoms with van der Waals surface area (Å²) in [5.41, 5.74) is 5.47.